The number of ether oxygens (including phenoxy) is 1. The summed E-state index contributed by atoms with van der Waals surface area (Å²) in [4.78, 5) is 19.4. The highest BCUT2D eigenvalue weighted by atomic mass is 16.5. The molecule has 1 amide bonds. The maximum atomic E-state index is 13.1. The SMILES string of the molecule is C=CC[C@@H](C)C(=O)N1C(=Nc2ccccc2)OC[C@@H]1Cc1ccccc1. The van der Waals surface area contributed by atoms with Crippen LogP contribution in [0.5, 0.6) is 0 Å². The molecule has 0 bridgehead atoms. The zero-order chi connectivity index (χ0) is 18.4. The van der Waals surface area contributed by atoms with E-state index in [4.69, 9.17) is 4.74 Å². The molecule has 26 heavy (non-hydrogen) atoms. The fourth-order valence-electron chi connectivity index (χ4n) is 3.07. The summed E-state index contributed by atoms with van der Waals surface area (Å²) in [6.45, 7) is 6.12. The monoisotopic (exact) mass is 348 g/mol. The Kier molecular flexibility index (Phi) is 5.84. The van der Waals surface area contributed by atoms with Gasteiger partial charge in [0.15, 0.2) is 0 Å². The minimum Gasteiger partial charge on any atom is -0.462 e. The standard InChI is InChI=1S/C22H24N2O2/c1-3-10-17(2)21(25)24-20(15-18-11-6-4-7-12-18)16-26-22(24)23-19-13-8-5-9-14-19/h3-9,11-14,17,20H,1,10,15-16H2,2H3/t17-,20+/m1/s1. The molecule has 134 valence electrons. The smallest absolute Gasteiger partial charge is 0.299 e. The van der Waals surface area contributed by atoms with E-state index in [0.717, 1.165) is 12.1 Å². The Morgan fingerprint density at radius 2 is 1.88 bits per heavy atom. The lowest BCUT2D eigenvalue weighted by atomic mass is 10.0. The summed E-state index contributed by atoms with van der Waals surface area (Å²) in [6, 6.07) is 20.1. The lowest BCUT2D eigenvalue weighted by Gasteiger charge is -2.24. The lowest BCUT2D eigenvalue weighted by Crippen LogP contribution is -2.43. The van der Waals surface area contributed by atoms with Crippen molar-refractivity contribution in [1.29, 1.82) is 0 Å². The number of rotatable bonds is 6. The minimum atomic E-state index is -0.159. The van der Waals surface area contributed by atoms with E-state index in [-0.39, 0.29) is 17.9 Å². The van der Waals surface area contributed by atoms with Crippen LogP contribution >= 0.6 is 0 Å². The normalized spacial score (nSPS) is 19.2. The van der Waals surface area contributed by atoms with Gasteiger partial charge in [-0.1, -0.05) is 61.5 Å². The van der Waals surface area contributed by atoms with Gasteiger partial charge in [0.1, 0.15) is 6.61 Å². The molecule has 0 radical (unpaired) electrons. The first-order valence-corrected chi connectivity index (χ1v) is 8.93. The Balaban J connectivity index is 1.88. The summed E-state index contributed by atoms with van der Waals surface area (Å²) < 4.78 is 5.83. The van der Waals surface area contributed by atoms with Gasteiger partial charge >= 0.3 is 0 Å². The lowest BCUT2D eigenvalue weighted by molar-refractivity contribution is -0.132. The highest BCUT2D eigenvalue weighted by Gasteiger charge is 2.38. The van der Waals surface area contributed by atoms with Crippen LogP contribution in [0.1, 0.15) is 18.9 Å². The molecule has 4 heteroatoms. The van der Waals surface area contributed by atoms with Crippen molar-refractivity contribution in [2.24, 2.45) is 10.9 Å². The largest absolute Gasteiger partial charge is 0.462 e. The Labute approximate surface area is 154 Å². The number of amides is 1. The van der Waals surface area contributed by atoms with E-state index in [2.05, 4.69) is 23.7 Å². The average molecular weight is 348 g/mol. The molecule has 0 unspecified atom stereocenters. The molecule has 1 heterocycles. The number of aliphatic imine (C=N–C) groups is 1. The van der Waals surface area contributed by atoms with Crippen molar-refractivity contribution in [3.63, 3.8) is 0 Å². The quantitative estimate of drug-likeness (QED) is 0.728. The molecule has 1 aliphatic heterocycles. The summed E-state index contributed by atoms with van der Waals surface area (Å²) >= 11 is 0. The Morgan fingerprint density at radius 1 is 1.23 bits per heavy atom. The summed E-state index contributed by atoms with van der Waals surface area (Å²) in [5.41, 5.74) is 1.95. The highest BCUT2D eigenvalue weighted by Crippen LogP contribution is 2.23. The predicted molar refractivity (Wildman–Crippen MR) is 104 cm³/mol. The molecule has 3 rings (SSSR count). The summed E-state index contributed by atoms with van der Waals surface area (Å²) in [6.07, 6.45) is 3.15. The molecule has 2 aromatic carbocycles. The number of hydrogen-bond acceptors (Lipinski definition) is 3. The van der Waals surface area contributed by atoms with Crippen LogP contribution in [0.3, 0.4) is 0 Å². The van der Waals surface area contributed by atoms with Crippen LogP contribution in [-0.2, 0) is 16.0 Å². The third-order valence-electron chi connectivity index (χ3n) is 4.45. The van der Waals surface area contributed by atoms with Crippen LogP contribution in [0.25, 0.3) is 0 Å². The van der Waals surface area contributed by atoms with Gasteiger partial charge in [0.2, 0.25) is 5.91 Å². The summed E-state index contributed by atoms with van der Waals surface area (Å²) in [5.74, 6) is -0.133. The first kappa shape index (κ1) is 17.9. The van der Waals surface area contributed by atoms with Crippen molar-refractivity contribution in [2.45, 2.75) is 25.8 Å². The third kappa shape index (κ3) is 4.20. The second kappa shape index (κ2) is 8.48. The molecule has 0 aromatic heterocycles. The number of carbonyl (C=O) groups excluding carboxylic acids is 1. The van der Waals surface area contributed by atoms with Gasteiger partial charge in [0.25, 0.3) is 6.02 Å². The summed E-state index contributed by atoms with van der Waals surface area (Å²) in [5, 5.41) is 0. The molecular weight excluding hydrogens is 324 g/mol. The van der Waals surface area contributed by atoms with Crippen molar-refractivity contribution in [2.75, 3.05) is 6.61 Å². The summed E-state index contributed by atoms with van der Waals surface area (Å²) in [7, 11) is 0. The van der Waals surface area contributed by atoms with Crippen LogP contribution in [0.2, 0.25) is 0 Å². The van der Waals surface area contributed by atoms with E-state index >= 15 is 0 Å². The molecule has 1 saturated heterocycles. The number of carbonyl (C=O) groups is 1. The van der Waals surface area contributed by atoms with Gasteiger partial charge in [-0.05, 0) is 30.5 Å². The fourth-order valence-corrected chi connectivity index (χ4v) is 3.07. The van der Waals surface area contributed by atoms with Crippen LogP contribution < -0.4 is 0 Å². The first-order chi connectivity index (χ1) is 12.7. The van der Waals surface area contributed by atoms with E-state index in [1.807, 2.05) is 55.5 Å². The third-order valence-corrected chi connectivity index (χ3v) is 4.45. The number of para-hydroxylation sites is 1. The van der Waals surface area contributed by atoms with Crippen molar-refractivity contribution >= 4 is 17.6 Å². The molecule has 1 fully saturated rings. The van der Waals surface area contributed by atoms with Gasteiger partial charge in [-0.3, -0.25) is 9.69 Å². The fraction of sp³-hybridized carbons (Fsp3) is 0.273. The molecule has 0 N–H and O–H groups in total. The topological polar surface area (TPSA) is 41.9 Å². The van der Waals surface area contributed by atoms with E-state index in [1.165, 1.54) is 5.56 Å². The van der Waals surface area contributed by atoms with Gasteiger partial charge < -0.3 is 4.74 Å². The molecule has 2 atom stereocenters. The van der Waals surface area contributed by atoms with Gasteiger partial charge in [-0.25, -0.2) is 0 Å². The van der Waals surface area contributed by atoms with E-state index in [1.54, 1.807) is 11.0 Å². The number of nitrogens with zero attached hydrogens (tertiary/aromatic N) is 2. The molecule has 2 aromatic rings. The van der Waals surface area contributed by atoms with Crippen LogP contribution in [0.15, 0.2) is 78.3 Å². The number of benzene rings is 2. The second-order valence-corrected chi connectivity index (χ2v) is 6.52. The van der Waals surface area contributed by atoms with Crippen LogP contribution in [-0.4, -0.2) is 29.5 Å². The number of hydrogen-bond donors (Lipinski definition) is 0. The second-order valence-electron chi connectivity index (χ2n) is 6.52. The van der Waals surface area contributed by atoms with Crippen molar-refractivity contribution in [1.82, 2.24) is 4.90 Å². The van der Waals surface area contributed by atoms with Crippen molar-refractivity contribution < 1.29 is 9.53 Å². The zero-order valence-corrected chi connectivity index (χ0v) is 15.0. The van der Waals surface area contributed by atoms with Gasteiger partial charge in [0.05, 0.1) is 11.7 Å². The zero-order valence-electron chi connectivity index (χ0n) is 15.0. The van der Waals surface area contributed by atoms with E-state index in [9.17, 15) is 4.79 Å². The average Bonchev–Trinajstić information content (AvgIpc) is 3.05. The van der Waals surface area contributed by atoms with Crippen LogP contribution in [0.4, 0.5) is 5.69 Å². The Morgan fingerprint density at radius 3 is 2.54 bits per heavy atom. The first-order valence-electron chi connectivity index (χ1n) is 8.93. The highest BCUT2D eigenvalue weighted by molar-refractivity contribution is 5.97. The molecule has 1 aliphatic rings. The van der Waals surface area contributed by atoms with Crippen LogP contribution in [0, 0.1) is 5.92 Å². The Bertz CT molecular complexity index is 771. The minimum absolute atomic E-state index is 0.0259. The molecule has 0 spiro atoms. The maximum absolute atomic E-state index is 13.1. The van der Waals surface area contributed by atoms with E-state index in [0.29, 0.717) is 19.0 Å². The van der Waals surface area contributed by atoms with Crippen molar-refractivity contribution in [3.05, 3.63) is 78.9 Å². The Hall–Kier alpha value is -2.88. The predicted octanol–water partition coefficient (Wildman–Crippen LogP) is 4.36. The van der Waals surface area contributed by atoms with Gasteiger partial charge in [0, 0.05) is 5.92 Å². The molecular formula is C22H24N2O2. The van der Waals surface area contributed by atoms with Gasteiger partial charge in [-0.15, -0.1) is 6.58 Å². The number of allylic oxidation sites excluding steroid dienone is 1. The van der Waals surface area contributed by atoms with Crippen molar-refractivity contribution in [3.8, 4) is 0 Å². The van der Waals surface area contributed by atoms with Gasteiger partial charge in [-0.2, -0.15) is 4.99 Å². The maximum Gasteiger partial charge on any atom is 0.299 e. The van der Waals surface area contributed by atoms with E-state index < -0.39 is 0 Å². The molecule has 0 saturated carbocycles. The number of amidine groups is 1. The molecule has 0 aliphatic carbocycles. The molecule has 4 nitrogen and oxygen atoms in total.